The predicted molar refractivity (Wildman–Crippen MR) is 134 cm³/mol. The lowest BCUT2D eigenvalue weighted by molar-refractivity contribution is -0.384. The summed E-state index contributed by atoms with van der Waals surface area (Å²) in [7, 11) is -4.41. The van der Waals surface area contributed by atoms with E-state index in [1.54, 1.807) is 54.6 Å². The molecular weight excluding hydrogens is 527 g/mol. The van der Waals surface area contributed by atoms with Crippen LogP contribution in [0.1, 0.15) is 17.5 Å². The number of aryl methyl sites for hydroxylation is 1. The van der Waals surface area contributed by atoms with Crippen molar-refractivity contribution in [1.82, 2.24) is 4.31 Å². The lowest BCUT2D eigenvalue weighted by atomic mass is 9.73. The Morgan fingerprint density at radius 3 is 2.30 bits per heavy atom. The highest BCUT2D eigenvalue weighted by molar-refractivity contribution is 8.16. The third-order valence-corrected chi connectivity index (χ3v) is 9.97. The Morgan fingerprint density at radius 1 is 1.00 bits per heavy atom. The zero-order valence-electron chi connectivity index (χ0n) is 19.1. The molecule has 5 rings (SSSR count). The molecule has 1 spiro atoms. The van der Waals surface area contributed by atoms with Crippen molar-refractivity contribution >= 4 is 38.3 Å². The van der Waals surface area contributed by atoms with Crippen LogP contribution in [0.25, 0.3) is 0 Å². The van der Waals surface area contributed by atoms with E-state index in [0.717, 1.165) is 45.9 Å². The molecule has 12 heteroatoms. The van der Waals surface area contributed by atoms with E-state index in [2.05, 4.69) is 4.99 Å². The number of para-hydroxylation sites is 1. The van der Waals surface area contributed by atoms with Crippen LogP contribution >= 0.6 is 11.8 Å². The van der Waals surface area contributed by atoms with Gasteiger partial charge < -0.3 is 0 Å². The fourth-order valence-electron chi connectivity index (χ4n) is 4.89. The Balaban J connectivity index is 1.69. The molecule has 1 heterocycles. The van der Waals surface area contributed by atoms with E-state index in [-0.39, 0.29) is 28.6 Å². The highest BCUT2D eigenvalue weighted by Crippen LogP contribution is 2.59. The predicted octanol–water partition coefficient (Wildman–Crippen LogP) is 6.04. The summed E-state index contributed by atoms with van der Waals surface area (Å²) in [6, 6.07) is 19.5. The van der Waals surface area contributed by atoms with Gasteiger partial charge in [-0.3, -0.25) is 10.1 Å². The van der Waals surface area contributed by atoms with Crippen LogP contribution in [0.4, 0.5) is 24.5 Å². The number of thioether (sulfide) groups is 1. The minimum absolute atomic E-state index is 0.0875. The topological polar surface area (TPSA) is 92.9 Å². The molecule has 1 fully saturated rings. The minimum atomic E-state index is -4.58. The molecule has 3 aromatic carbocycles. The standard InChI is InChI=1S/C25H20F3N3O4S2/c26-25(27,28)22-15-10-17-6-4-5-9-21(17)24(22)16-30(23(36-24)29-18-7-2-1-3-8-18)37(34,35)20-13-11-19(12-14-20)31(32)33/h1-9,11-14,22H,10,15-16H2/t22-,24-/m0/s1. The van der Waals surface area contributed by atoms with Crippen molar-refractivity contribution in [2.45, 2.75) is 28.7 Å². The first-order valence-corrected chi connectivity index (χ1v) is 13.5. The fraction of sp³-hybridized carbons (Fsp3) is 0.240. The number of aliphatic imine (C=N–C) groups is 1. The van der Waals surface area contributed by atoms with Crippen LogP contribution in [-0.2, 0) is 21.2 Å². The number of nitrogens with zero attached hydrogens (tertiary/aromatic N) is 3. The average Bonchev–Trinajstić information content (AvgIpc) is 3.24. The summed E-state index contributed by atoms with van der Waals surface area (Å²) >= 11 is 0.813. The maximum atomic E-state index is 14.5. The molecule has 2 atom stereocenters. The molecule has 3 aromatic rings. The van der Waals surface area contributed by atoms with Crippen molar-refractivity contribution in [2.24, 2.45) is 10.9 Å². The highest BCUT2D eigenvalue weighted by atomic mass is 32.2. The van der Waals surface area contributed by atoms with Gasteiger partial charge in [0, 0.05) is 12.1 Å². The Kier molecular flexibility index (Phi) is 6.27. The number of rotatable bonds is 4. The molecule has 192 valence electrons. The number of hydrogen-bond donors (Lipinski definition) is 0. The fourth-order valence-corrected chi connectivity index (χ4v) is 8.28. The first-order chi connectivity index (χ1) is 17.5. The molecule has 7 nitrogen and oxygen atoms in total. The molecule has 1 aliphatic carbocycles. The molecule has 0 saturated carbocycles. The van der Waals surface area contributed by atoms with Gasteiger partial charge in [-0.15, -0.1) is 0 Å². The SMILES string of the molecule is O=[N+]([O-])c1ccc(S(=O)(=O)N2C[C@]3(SC2=Nc2ccccc2)c2ccccc2CC[C@@H]3C(F)(F)F)cc1. The average molecular weight is 548 g/mol. The molecular formula is C25H20F3N3O4S2. The second kappa shape index (κ2) is 9.18. The monoisotopic (exact) mass is 547 g/mol. The van der Waals surface area contributed by atoms with Gasteiger partial charge in [0.25, 0.3) is 15.7 Å². The second-order valence-corrected chi connectivity index (χ2v) is 11.9. The van der Waals surface area contributed by atoms with Crippen LogP contribution in [0.3, 0.4) is 0 Å². The quantitative estimate of drug-likeness (QED) is 0.293. The van der Waals surface area contributed by atoms with Crippen molar-refractivity contribution in [2.75, 3.05) is 6.54 Å². The van der Waals surface area contributed by atoms with Crippen LogP contribution in [0, 0.1) is 16.0 Å². The van der Waals surface area contributed by atoms with E-state index in [9.17, 15) is 31.7 Å². The highest BCUT2D eigenvalue weighted by Gasteiger charge is 2.62. The Morgan fingerprint density at radius 2 is 1.65 bits per heavy atom. The van der Waals surface area contributed by atoms with Crippen LogP contribution < -0.4 is 0 Å². The van der Waals surface area contributed by atoms with Crippen molar-refractivity contribution < 1.29 is 26.5 Å². The number of sulfonamides is 1. The third-order valence-electron chi connectivity index (χ3n) is 6.62. The summed E-state index contributed by atoms with van der Waals surface area (Å²) < 4.78 is 70.3. The first-order valence-electron chi connectivity index (χ1n) is 11.3. The normalized spacial score (nSPS) is 22.8. The summed E-state index contributed by atoms with van der Waals surface area (Å²) in [5, 5.41) is 11.0. The smallest absolute Gasteiger partial charge is 0.258 e. The minimum Gasteiger partial charge on any atom is -0.258 e. The lowest BCUT2D eigenvalue weighted by Gasteiger charge is -2.42. The van der Waals surface area contributed by atoms with Gasteiger partial charge in [0.15, 0.2) is 5.17 Å². The van der Waals surface area contributed by atoms with E-state index in [0.29, 0.717) is 11.3 Å². The van der Waals surface area contributed by atoms with Crippen LogP contribution in [0.2, 0.25) is 0 Å². The van der Waals surface area contributed by atoms with Crippen LogP contribution in [0.5, 0.6) is 0 Å². The third kappa shape index (κ3) is 4.48. The Hall–Kier alpha value is -3.38. The first kappa shape index (κ1) is 25.3. The van der Waals surface area contributed by atoms with Crippen LogP contribution in [0.15, 0.2) is 88.8 Å². The van der Waals surface area contributed by atoms with Gasteiger partial charge in [-0.25, -0.2) is 17.7 Å². The van der Waals surface area contributed by atoms with E-state index in [1.807, 2.05) is 0 Å². The molecule has 0 unspecified atom stereocenters. The molecule has 0 radical (unpaired) electrons. The Labute approximate surface area is 215 Å². The summed E-state index contributed by atoms with van der Waals surface area (Å²) in [6.07, 6.45) is -4.54. The molecule has 0 aromatic heterocycles. The number of hydrogen-bond acceptors (Lipinski definition) is 6. The maximum Gasteiger partial charge on any atom is 0.393 e. The zero-order chi connectivity index (χ0) is 26.4. The lowest BCUT2D eigenvalue weighted by Crippen LogP contribution is -2.47. The number of amidine groups is 1. The molecule has 0 N–H and O–H groups in total. The van der Waals surface area contributed by atoms with E-state index in [1.165, 1.54) is 0 Å². The summed E-state index contributed by atoms with van der Waals surface area (Å²) in [5.41, 5.74) is 1.27. The van der Waals surface area contributed by atoms with Gasteiger partial charge in [-0.05, 0) is 48.2 Å². The van der Waals surface area contributed by atoms with Gasteiger partial charge in [0.1, 0.15) is 0 Å². The summed E-state index contributed by atoms with van der Waals surface area (Å²) in [6.45, 7) is -0.482. The number of benzene rings is 3. The van der Waals surface area contributed by atoms with Gasteiger partial charge in [-0.2, -0.15) is 13.2 Å². The molecule has 37 heavy (non-hydrogen) atoms. The van der Waals surface area contributed by atoms with Gasteiger partial charge in [0.05, 0.1) is 32.7 Å². The molecule has 1 saturated heterocycles. The van der Waals surface area contributed by atoms with Crippen molar-refractivity contribution in [3.05, 3.63) is 100 Å². The number of non-ortho nitro benzene ring substituents is 1. The van der Waals surface area contributed by atoms with E-state index >= 15 is 0 Å². The largest absolute Gasteiger partial charge is 0.393 e. The molecule has 1 aliphatic heterocycles. The van der Waals surface area contributed by atoms with Gasteiger partial charge in [0.2, 0.25) is 0 Å². The van der Waals surface area contributed by atoms with E-state index < -0.39 is 38.3 Å². The molecule has 2 aliphatic rings. The number of nitro groups is 1. The van der Waals surface area contributed by atoms with Gasteiger partial charge >= 0.3 is 6.18 Å². The number of halogens is 3. The van der Waals surface area contributed by atoms with Gasteiger partial charge in [-0.1, -0.05) is 54.2 Å². The van der Waals surface area contributed by atoms with Crippen molar-refractivity contribution in [3.8, 4) is 0 Å². The second-order valence-electron chi connectivity index (χ2n) is 8.77. The van der Waals surface area contributed by atoms with E-state index in [4.69, 9.17) is 0 Å². The molecule has 0 amide bonds. The number of alkyl halides is 3. The number of fused-ring (bicyclic) bond motifs is 2. The summed E-state index contributed by atoms with van der Waals surface area (Å²) in [5.74, 6) is -1.81. The Bertz CT molecular complexity index is 1480. The zero-order valence-corrected chi connectivity index (χ0v) is 20.8. The molecule has 0 bridgehead atoms. The number of nitro benzene ring substituents is 1. The summed E-state index contributed by atoms with van der Waals surface area (Å²) in [4.78, 5) is 14.6. The maximum absolute atomic E-state index is 14.5. The van der Waals surface area contributed by atoms with Crippen molar-refractivity contribution in [1.29, 1.82) is 0 Å². The van der Waals surface area contributed by atoms with Crippen LogP contribution in [-0.4, -0.2) is 35.5 Å². The van der Waals surface area contributed by atoms with Crippen molar-refractivity contribution in [3.63, 3.8) is 0 Å².